The molecule has 5 heterocycles. The molecule has 5 aromatic rings. The van der Waals surface area contributed by atoms with Crippen molar-refractivity contribution in [1.29, 1.82) is 0 Å². The SMILES string of the molecule is Cc1ccc2c(c1)CCN(CCn1ncc3c1nc(N)n1nc(-c4ccco4)nc31)C2. The third-order valence-electron chi connectivity index (χ3n) is 5.92. The highest BCUT2D eigenvalue weighted by Gasteiger charge is 2.19. The van der Waals surface area contributed by atoms with Crippen molar-refractivity contribution in [2.75, 3.05) is 18.8 Å². The number of aryl methyl sites for hydroxylation is 1. The number of aromatic nitrogens is 6. The molecule has 0 saturated heterocycles. The second-order valence-electron chi connectivity index (χ2n) is 8.02. The van der Waals surface area contributed by atoms with Crippen LogP contribution >= 0.6 is 0 Å². The normalized spacial score (nSPS) is 14.5. The highest BCUT2D eigenvalue weighted by molar-refractivity contribution is 5.90. The molecule has 1 aliphatic rings. The first kappa shape index (κ1) is 18.1. The number of hydrogen-bond donors (Lipinski definition) is 1. The number of nitrogen functional groups attached to an aromatic ring is 1. The van der Waals surface area contributed by atoms with Crippen LogP contribution in [0.2, 0.25) is 0 Å². The third kappa shape index (κ3) is 3.05. The molecule has 31 heavy (non-hydrogen) atoms. The van der Waals surface area contributed by atoms with Crippen molar-refractivity contribution in [3.8, 4) is 11.6 Å². The van der Waals surface area contributed by atoms with E-state index in [-0.39, 0.29) is 5.95 Å². The summed E-state index contributed by atoms with van der Waals surface area (Å²) in [6.45, 7) is 5.78. The summed E-state index contributed by atoms with van der Waals surface area (Å²) < 4.78 is 8.86. The maximum absolute atomic E-state index is 6.19. The van der Waals surface area contributed by atoms with Gasteiger partial charge in [0.25, 0.3) is 0 Å². The largest absolute Gasteiger partial charge is 0.461 e. The minimum atomic E-state index is 0.275. The Labute approximate surface area is 178 Å². The first-order valence-electron chi connectivity index (χ1n) is 10.4. The molecule has 6 rings (SSSR count). The number of anilines is 1. The van der Waals surface area contributed by atoms with Gasteiger partial charge in [-0.05, 0) is 36.6 Å². The number of rotatable bonds is 4. The summed E-state index contributed by atoms with van der Waals surface area (Å²) in [4.78, 5) is 11.6. The van der Waals surface area contributed by atoms with E-state index in [4.69, 9.17) is 10.2 Å². The van der Waals surface area contributed by atoms with Crippen molar-refractivity contribution < 1.29 is 4.42 Å². The van der Waals surface area contributed by atoms with E-state index in [0.717, 1.165) is 43.6 Å². The van der Waals surface area contributed by atoms with Crippen LogP contribution in [0.15, 0.2) is 47.2 Å². The molecule has 0 fully saturated rings. The van der Waals surface area contributed by atoms with Gasteiger partial charge in [-0.3, -0.25) is 4.90 Å². The monoisotopic (exact) mass is 414 g/mol. The Morgan fingerprint density at radius 1 is 1.10 bits per heavy atom. The molecular formula is C22H22N8O. The summed E-state index contributed by atoms with van der Waals surface area (Å²) >= 11 is 0. The van der Waals surface area contributed by atoms with Crippen molar-refractivity contribution in [2.45, 2.75) is 26.4 Å². The van der Waals surface area contributed by atoms with Crippen LogP contribution in [0.4, 0.5) is 5.95 Å². The number of fused-ring (bicyclic) bond motifs is 4. The standard InChI is InChI=1S/C22H22N8O/c1-14-4-5-16-13-28(7-6-15(16)11-14)8-9-29-20-17(12-24-29)21-25-19(18-3-2-10-31-18)27-30(21)22(23)26-20/h2-5,10-12H,6-9,13H2,1H3,(H2,23,26). The molecular weight excluding hydrogens is 392 g/mol. The Hall–Kier alpha value is -3.72. The minimum absolute atomic E-state index is 0.275. The molecule has 0 radical (unpaired) electrons. The summed E-state index contributed by atoms with van der Waals surface area (Å²) in [6, 6.07) is 10.4. The van der Waals surface area contributed by atoms with Gasteiger partial charge in [0.2, 0.25) is 11.8 Å². The van der Waals surface area contributed by atoms with E-state index in [0.29, 0.717) is 17.2 Å². The quantitative estimate of drug-likeness (QED) is 0.482. The van der Waals surface area contributed by atoms with Crippen LogP contribution in [0.3, 0.4) is 0 Å². The fraction of sp³-hybridized carbons (Fsp3) is 0.273. The zero-order valence-electron chi connectivity index (χ0n) is 17.2. The van der Waals surface area contributed by atoms with Crippen molar-refractivity contribution in [2.24, 2.45) is 0 Å². The van der Waals surface area contributed by atoms with Gasteiger partial charge >= 0.3 is 0 Å². The number of nitrogens with zero attached hydrogens (tertiary/aromatic N) is 7. The van der Waals surface area contributed by atoms with Gasteiger partial charge in [-0.15, -0.1) is 5.10 Å². The average Bonchev–Trinajstić information content (AvgIpc) is 3.51. The van der Waals surface area contributed by atoms with Crippen LogP contribution < -0.4 is 5.73 Å². The minimum Gasteiger partial charge on any atom is -0.461 e. The van der Waals surface area contributed by atoms with E-state index in [1.165, 1.54) is 21.2 Å². The summed E-state index contributed by atoms with van der Waals surface area (Å²) in [5.74, 6) is 1.34. The molecule has 1 aliphatic heterocycles. The Morgan fingerprint density at radius 3 is 2.90 bits per heavy atom. The lowest BCUT2D eigenvalue weighted by molar-refractivity contribution is 0.241. The van der Waals surface area contributed by atoms with Crippen LogP contribution in [0.25, 0.3) is 28.3 Å². The molecule has 9 nitrogen and oxygen atoms in total. The molecule has 156 valence electrons. The Kier molecular flexibility index (Phi) is 4.03. The second kappa shape index (κ2) is 6.92. The van der Waals surface area contributed by atoms with Crippen LogP contribution in [-0.4, -0.2) is 47.4 Å². The predicted molar refractivity (Wildman–Crippen MR) is 116 cm³/mol. The maximum atomic E-state index is 6.19. The van der Waals surface area contributed by atoms with Gasteiger partial charge in [0.05, 0.1) is 24.4 Å². The van der Waals surface area contributed by atoms with E-state index in [2.05, 4.69) is 50.2 Å². The summed E-state index contributed by atoms with van der Waals surface area (Å²) in [5.41, 5.74) is 11.7. The van der Waals surface area contributed by atoms with E-state index in [9.17, 15) is 0 Å². The van der Waals surface area contributed by atoms with Gasteiger partial charge in [0, 0.05) is 19.6 Å². The van der Waals surface area contributed by atoms with Crippen molar-refractivity contribution in [3.63, 3.8) is 0 Å². The van der Waals surface area contributed by atoms with Crippen molar-refractivity contribution >= 4 is 22.6 Å². The van der Waals surface area contributed by atoms with Crippen LogP contribution in [-0.2, 0) is 19.5 Å². The first-order chi connectivity index (χ1) is 15.2. The third-order valence-corrected chi connectivity index (χ3v) is 5.92. The van der Waals surface area contributed by atoms with Crippen molar-refractivity contribution in [1.82, 2.24) is 34.3 Å². The lowest BCUT2D eigenvalue weighted by atomic mass is 9.98. The van der Waals surface area contributed by atoms with Crippen molar-refractivity contribution in [3.05, 3.63) is 59.5 Å². The molecule has 9 heteroatoms. The van der Waals surface area contributed by atoms with Crippen LogP contribution in [0, 0.1) is 6.92 Å². The van der Waals surface area contributed by atoms with E-state index >= 15 is 0 Å². The molecule has 4 aromatic heterocycles. The second-order valence-corrected chi connectivity index (χ2v) is 8.02. The van der Waals surface area contributed by atoms with E-state index in [1.807, 2.05) is 10.7 Å². The Morgan fingerprint density at radius 2 is 2.03 bits per heavy atom. The molecule has 0 aliphatic carbocycles. The zero-order valence-corrected chi connectivity index (χ0v) is 17.2. The highest BCUT2D eigenvalue weighted by Crippen LogP contribution is 2.24. The number of nitrogens with two attached hydrogens (primary N) is 1. The topological polar surface area (TPSA) is 103 Å². The van der Waals surface area contributed by atoms with E-state index < -0.39 is 0 Å². The van der Waals surface area contributed by atoms with Crippen LogP contribution in [0.1, 0.15) is 16.7 Å². The smallest absolute Gasteiger partial charge is 0.225 e. The number of furan rings is 1. The van der Waals surface area contributed by atoms with Gasteiger partial charge < -0.3 is 10.2 Å². The fourth-order valence-electron chi connectivity index (χ4n) is 4.30. The zero-order chi connectivity index (χ0) is 20.9. The molecule has 0 spiro atoms. The molecule has 0 unspecified atom stereocenters. The summed E-state index contributed by atoms with van der Waals surface area (Å²) in [6.07, 6.45) is 4.46. The summed E-state index contributed by atoms with van der Waals surface area (Å²) in [7, 11) is 0. The van der Waals surface area contributed by atoms with Gasteiger partial charge in [-0.2, -0.15) is 14.6 Å². The van der Waals surface area contributed by atoms with E-state index in [1.54, 1.807) is 18.5 Å². The first-order valence-corrected chi connectivity index (χ1v) is 10.4. The maximum Gasteiger partial charge on any atom is 0.225 e. The predicted octanol–water partition coefficient (Wildman–Crippen LogP) is 2.68. The van der Waals surface area contributed by atoms with Gasteiger partial charge in [-0.1, -0.05) is 23.8 Å². The molecule has 0 atom stereocenters. The number of benzene rings is 1. The van der Waals surface area contributed by atoms with Gasteiger partial charge in [-0.25, -0.2) is 9.67 Å². The molecule has 0 bridgehead atoms. The van der Waals surface area contributed by atoms with Gasteiger partial charge in [0.1, 0.15) is 0 Å². The van der Waals surface area contributed by atoms with Crippen LogP contribution in [0.5, 0.6) is 0 Å². The highest BCUT2D eigenvalue weighted by atomic mass is 16.3. The number of hydrogen-bond acceptors (Lipinski definition) is 7. The molecule has 2 N–H and O–H groups in total. The molecule has 0 amide bonds. The summed E-state index contributed by atoms with van der Waals surface area (Å²) in [5, 5.41) is 9.82. The molecule has 1 aromatic carbocycles. The molecule has 0 saturated carbocycles. The lowest BCUT2D eigenvalue weighted by Gasteiger charge is -2.28. The average molecular weight is 414 g/mol. The Bertz CT molecular complexity index is 1400. The lowest BCUT2D eigenvalue weighted by Crippen LogP contribution is -2.33. The van der Waals surface area contributed by atoms with Gasteiger partial charge in [0.15, 0.2) is 17.1 Å². The Balaban J connectivity index is 1.27. The fourth-order valence-corrected chi connectivity index (χ4v) is 4.30.